The van der Waals surface area contributed by atoms with Gasteiger partial charge in [-0.15, -0.1) is 0 Å². The van der Waals surface area contributed by atoms with Crippen LogP contribution in [0.25, 0.3) is 0 Å². The van der Waals surface area contributed by atoms with Crippen LogP contribution in [0.2, 0.25) is 0 Å². The van der Waals surface area contributed by atoms with Gasteiger partial charge in [0.25, 0.3) is 5.91 Å². The fraction of sp³-hybridized carbons (Fsp3) is 0.400. The van der Waals surface area contributed by atoms with Crippen molar-refractivity contribution in [2.75, 3.05) is 6.54 Å². The first-order valence-electron chi connectivity index (χ1n) is 6.71. The van der Waals surface area contributed by atoms with Crippen molar-refractivity contribution >= 4 is 5.91 Å². The fourth-order valence-electron chi connectivity index (χ4n) is 2.29. The lowest BCUT2D eigenvalue weighted by molar-refractivity contribution is -0.140. The number of nitrogens with one attached hydrogen (secondary N) is 1. The van der Waals surface area contributed by atoms with Crippen molar-refractivity contribution in [1.29, 1.82) is 0 Å². The summed E-state index contributed by atoms with van der Waals surface area (Å²) in [4.78, 5) is 11.8. The highest BCUT2D eigenvalue weighted by atomic mass is 19.4. The summed E-state index contributed by atoms with van der Waals surface area (Å²) in [6, 6.07) is 2.26. The number of benzene rings is 1. The molecule has 114 valence electrons. The van der Waals surface area contributed by atoms with Crippen LogP contribution in [0, 0.1) is 5.82 Å². The number of hydrogen-bond donors (Lipinski definition) is 1. The molecule has 0 spiro atoms. The summed E-state index contributed by atoms with van der Waals surface area (Å²) in [7, 11) is 0. The van der Waals surface area contributed by atoms with E-state index in [4.69, 9.17) is 0 Å². The first-order chi connectivity index (χ1) is 9.88. The Morgan fingerprint density at radius 2 is 2.05 bits per heavy atom. The second-order valence-corrected chi connectivity index (χ2v) is 4.95. The molecule has 6 heteroatoms. The summed E-state index contributed by atoms with van der Waals surface area (Å²) in [6.07, 6.45) is 1.15. The van der Waals surface area contributed by atoms with Crippen LogP contribution in [0.4, 0.5) is 17.6 Å². The lowest BCUT2D eigenvalue weighted by Gasteiger charge is -2.10. The molecule has 21 heavy (non-hydrogen) atoms. The van der Waals surface area contributed by atoms with Gasteiger partial charge in [0.2, 0.25) is 0 Å². The molecule has 1 aromatic carbocycles. The predicted octanol–water partition coefficient (Wildman–Crippen LogP) is 4.07. The van der Waals surface area contributed by atoms with E-state index in [9.17, 15) is 22.4 Å². The Morgan fingerprint density at radius 3 is 2.67 bits per heavy atom. The molecule has 0 bridgehead atoms. The number of carbonyl (C=O) groups excluding carboxylic acids is 1. The van der Waals surface area contributed by atoms with Crippen molar-refractivity contribution in [2.24, 2.45) is 0 Å². The van der Waals surface area contributed by atoms with Crippen molar-refractivity contribution in [3.8, 4) is 0 Å². The first-order valence-corrected chi connectivity index (χ1v) is 6.71. The quantitative estimate of drug-likeness (QED) is 0.659. The molecule has 0 saturated carbocycles. The van der Waals surface area contributed by atoms with Crippen LogP contribution in [0.1, 0.15) is 41.6 Å². The van der Waals surface area contributed by atoms with Gasteiger partial charge in [0.1, 0.15) is 5.82 Å². The maximum Gasteiger partial charge on any atom is 0.419 e. The van der Waals surface area contributed by atoms with Crippen LogP contribution in [0.5, 0.6) is 0 Å². The summed E-state index contributed by atoms with van der Waals surface area (Å²) < 4.78 is 50.8. The van der Waals surface area contributed by atoms with Gasteiger partial charge >= 0.3 is 6.18 Å². The van der Waals surface area contributed by atoms with Crippen molar-refractivity contribution in [2.45, 2.75) is 31.9 Å². The molecule has 0 atom stereocenters. The minimum atomic E-state index is -4.81. The zero-order valence-corrected chi connectivity index (χ0v) is 11.3. The number of hydrogen-bond acceptors (Lipinski definition) is 1. The first kappa shape index (κ1) is 15.5. The summed E-state index contributed by atoms with van der Waals surface area (Å²) in [5, 5.41) is 2.55. The minimum absolute atomic E-state index is 0.191. The molecule has 1 N–H and O–H groups in total. The number of amides is 1. The highest BCUT2D eigenvalue weighted by molar-refractivity contribution is 5.94. The molecule has 2 nitrogen and oxygen atoms in total. The zero-order chi connectivity index (χ0) is 15.5. The number of alkyl halides is 3. The van der Waals surface area contributed by atoms with E-state index in [2.05, 4.69) is 11.4 Å². The van der Waals surface area contributed by atoms with Gasteiger partial charge in [-0.05, 0) is 43.9 Å². The maximum atomic E-state index is 13.1. The normalized spacial score (nSPS) is 15.0. The van der Waals surface area contributed by atoms with Crippen molar-refractivity contribution < 1.29 is 22.4 Å². The number of halogens is 4. The standard InChI is InChI=1S/C15H15F4NO/c16-13-6-5-11(9-12(13)15(17,18)19)14(21)20-8-7-10-3-1-2-4-10/h3,5-6,9H,1-2,4,7-8H2,(H,20,21). The molecule has 1 aromatic rings. The zero-order valence-electron chi connectivity index (χ0n) is 11.3. The third-order valence-corrected chi connectivity index (χ3v) is 3.40. The Bertz CT molecular complexity index is 563. The number of carbonyl (C=O) groups is 1. The summed E-state index contributed by atoms with van der Waals surface area (Å²) in [5.41, 5.74) is -0.358. The lowest BCUT2D eigenvalue weighted by Crippen LogP contribution is -2.25. The van der Waals surface area contributed by atoms with Gasteiger partial charge in [0, 0.05) is 12.1 Å². The van der Waals surface area contributed by atoms with E-state index < -0.39 is 23.5 Å². The smallest absolute Gasteiger partial charge is 0.352 e. The Hall–Kier alpha value is -1.85. The maximum absolute atomic E-state index is 13.1. The van der Waals surface area contributed by atoms with E-state index in [1.165, 1.54) is 5.57 Å². The largest absolute Gasteiger partial charge is 0.419 e. The van der Waals surface area contributed by atoms with E-state index in [-0.39, 0.29) is 5.56 Å². The van der Waals surface area contributed by atoms with E-state index in [0.717, 1.165) is 25.3 Å². The monoisotopic (exact) mass is 301 g/mol. The van der Waals surface area contributed by atoms with Crippen LogP contribution >= 0.6 is 0 Å². The second kappa shape index (κ2) is 6.28. The summed E-state index contributed by atoms with van der Waals surface area (Å²) >= 11 is 0. The van der Waals surface area contributed by atoms with Gasteiger partial charge in [-0.25, -0.2) is 4.39 Å². The molecule has 0 radical (unpaired) electrons. The third-order valence-electron chi connectivity index (χ3n) is 3.40. The molecule has 1 amide bonds. The number of allylic oxidation sites excluding steroid dienone is 1. The minimum Gasteiger partial charge on any atom is -0.352 e. The van der Waals surface area contributed by atoms with Crippen LogP contribution < -0.4 is 5.32 Å². The Labute approximate surface area is 119 Å². The molecule has 2 rings (SSSR count). The SMILES string of the molecule is O=C(NCCC1=CCCC1)c1ccc(F)c(C(F)(F)F)c1. The highest BCUT2D eigenvalue weighted by Crippen LogP contribution is 2.31. The average Bonchev–Trinajstić information content (AvgIpc) is 2.91. The van der Waals surface area contributed by atoms with Crippen molar-refractivity contribution in [3.05, 3.63) is 46.8 Å². The molecule has 0 aliphatic heterocycles. The molecule has 1 aliphatic rings. The Morgan fingerprint density at radius 1 is 1.29 bits per heavy atom. The van der Waals surface area contributed by atoms with Crippen molar-refractivity contribution in [1.82, 2.24) is 5.32 Å². The Balaban J connectivity index is 1.99. The van der Waals surface area contributed by atoms with E-state index >= 15 is 0 Å². The van der Waals surface area contributed by atoms with E-state index in [1.807, 2.05) is 0 Å². The highest BCUT2D eigenvalue weighted by Gasteiger charge is 2.34. The second-order valence-electron chi connectivity index (χ2n) is 4.95. The number of rotatable bonds is 4. The van der Waals surface area contributed by atoms with E-state index in [0.29, 0.717) is 25.1 Å². The fourth-order valence-corrected chi connectivity index (χ4v) is 2.29. The summed E-state index contributed by atoms with van der Waals surface area (Å²) in [5.74, 6) is -2.01. The van der Waals surface area contributed by atoms with Gasteiger partial charge in [-0.1, -0.05) is 11.6 Å². The summed E-state index contributed by atoms with van der Waals surface area (Å²) in [6.45, 7) is 0.364. The van der Waals surface area contributed by atoms with Crippen LogP contribution in [0.3, 0.4) is 0 Å². The van der Waals surface area contributed by atoms with Crippen molar-refractivity contribution in [3.63, 3.8) is 0 Å². The molecule has 0 saturated heterocycles. The van der Waals surface area contributed by atoms with E-state index in [1.54, 1.807) is 0 Å². The van der Waals surface area contributed by atoms with Gasteiger partial charge < -0.3 is 5.32 Å². The Kier molecular flexibility index (Phi) is 4.65. The van der Waals surface area contributed by atoms with Crippen LogP contribution in [-0.4, -0.2) is 12.5 Å². The van der Waals surface area contributed by atoms with Crippen LogP contribution in [0.15, 0.2) is 29.8 Å². The third kappa shape index (κ3) is 4.06. The van der Waals surface area contributed by atoms with Crippen LogP contribution in [-0.2, 0) is 6.18 Å². The molecule has 0 aromatic heterocycles. The molecule has 1 aliphatic carbocycles. The molecule has 0 heterocycles. The molecule has 0 unspecified atom stereocenters. The predicted molar refractivity (Wildman–Crippen MR) is 70.3 cm³/mol. The lowest BCUT2D eigenvalue weighted by atomic mass is 10.1. The topological polar surface area (TPSA) is 29.1 Å². The average molecular weight is 301 g/mol. The molecular weight excluding hydrogens is 286 g/mol. The van der Waals surface area contributed by atoms with Gasteiger partial charge in [0.05, 0.1) is 5.56 Å². The molecular formula is C15H15F4NO. The van der Waals surface area contributed by atoms with Gasteiger partial charge in [-0.2, -0.15) is 13.2 Å². The van der Waals surface area contributed by atoms with Gasteiger partial charge in [-0.3, -0.25) is 4.79 Å². The van der Waals surface area contributed by atoms with Gasteiger partial charge in [0.15, 0.2) is 0 Å². The molecule has 0 fully saturated rings.